The number of aromatic nitrogens is 1. The fraction of sp³-hybridized carbons (Fsp3) is 0.364. The molecule has 1 heterocycles. The smallest absolute Gasteiger partial charge is 0.239 e. The number of aliphatic hydroxyl groups is 1. The molecule has 0 spiro atoms. The number of para-hydroxylation sites is 1. The molecule has 3 aromatic carbocycles. The van der Waals surface area contributed by atoms with Crippen LogP contribution in [0.15, 0.2) is 91.1 Å². The van der Waals surface area contributed by atoms with Gasteiger partial charge in [0.1, 0.15) is 11.6 Å². The van der Waals surface area contributed by atoms with E-state index in [-0.39, 0.29) is 10.9 Å². The molecule has 1 aromatic heterocycles. The van der Waals surface area contributed by atoms with Crippen molar-refractivity contribution in [2.24, 2.45) is 5.73 Å². The van der Waals surface area contributed by atoms with E-state index in [1.807, 2.05) is 98.0 Å². The number of carbonyl (C=O) groups excluding carboxylic acids is 1. The lowest BCUT2D eigenvalue weighted by atomic mass is 9.77. The maximum absolute atomic E-state index is 13.8. The third-order valence-electron chi connectivity index (χ3n) is 8.44. The number of aromatic amines is 1. The van der Waals surface area contributed by atoms with Crippen molar-refractivity contribution in [1.82, 2.24) is 10.3 Å². The molecule has 1 amide bonds. The van der Waals surface area contributed by atoms with Crippen molar-refractivity contribution in [2.75, 3.05) is 0 Å². The predicted octanol–water partition coefficient (Wildman–Crippen LogP) is 5.87. The lowest BCUT2D eigenvalue weighted by Gasteiger charge is -2.41. The van der Waals surface area contributed by atoms with Crippen molar-refractivity contribution in [3.05, 3.63) is 108 Å². The van der Waals surface area contributed by atoms with Crippen LogP contribution in [0.1, 0.15) is 44.4 Å². The second kappa shape index (κ2) is 11.7. The van der Waals surface area contributed by atoms with E-state index in [1.54, 1.807) is 0 Å². The third-order valence-corrected chi connectivity index (χ3v) is 13.0. The minimum absolute atomic E-state index is 0.0177. The van der Waals surface area contributed by atoms with Crippen LogP contribution in [0, 0.1) is 0 Å². The number of carbonyl (C=O) groups is 1. The van der Waals surface area contributed by atoms with Gasteiger partial charge in [0.05, 0.1) is 12.1 Å². The Balaban J connectivity index is 1.74. The van der Waals surface area contributed by atoms with Gasteiger partial charge in [-0.2, -0.15) is 0 Å². The lowest BCUT2D eigenvalue weighted by molar-refractivity contribution is -0.126. The van der Waals surface area contributed by atoms with E-state index >= 15 is 0 Å². The van der Waals surface area contributed by atoms with Crippen LogP contribution in [0.4, 0.5) is 0 Å². The average Bonchev–Trinajstić information content (AvgIpc) is 3.34. The molecule has 0 aliphatic heterocycles. The Morgan fingerprint density at radius 3 is 2.02 bits per heavy atom. The number of hydrogen-bond acceptors (Lipinski definition) is 4. The Morgan fingerprint density at radius 2 is 1.48 bits per heavy atom. The minimum Gasteiger partial charge on any atom is -0.412 e. The summed E-state index contributed by atoms with van der Waals surface area (Å²) in [7, 11) is -2.15. The molecule has 0 saturated heterocycles. The number of hydrogen-bond donors (Lipinski definition) is 4. The molecule has 0 bridgehead atoms. The first-order valence-corrected chi connectivity index (χ1v) is 16.9. The van der Waals surface area contributed by atoms with Gasteiger partial charge >= 0.3 is 0 Å². The van der Waals surface area contributed by atoms with Gasteiger partial charge in [-0.25, -0.2) is 0 Å². The highest BCUT2D eigenvalue weighted by Gasteiger charge is 2.44. The quantitative estimate of drug-likeness (QED) is 0.183. The third kappa shape index (κ3) is 6.08. The first kappa shape index (κ1) is 29.7. The van der Waals surface area contributed by atoms with Crippen LogP contribution in [0.2, 0.25) is 18.1 Å². The van der Waals surface area contributed by atoms with Gasteiger partial charge in [0.15, 0.2) is 8.32 Å². The van der Waals surface area contributed by atoms with Crippen LogP contribution < -0.4 is 11.1 Å². The van der Waals surface area contributed by atoms with Gasteiger partial charge in [0.2, 0.25) is 5.91 Å². The van der Waals surface area contributed by atoms with Crippen molar-refractivity contribution in [1.29, 1.82) is 0 Å². The van der Waals surface area contributed by atoms with Crippen molar-refractivity contribution in [3.8, 4) is 0 Å². The molecule has 0 aliphatic rings. The Labute approximate surface area is 239 Å². The highest BCUT2D eigenvalue weighted by atomic mass is 28.4. The van der Waals surface area contributed by atoms with Crippen LogP contribution in [0.25, 0.3) is 10.9 Å². The number of fused-ring (bicyclic) bond motifs is 1. The van der Waals surface area contributed by atoms with Crippen molar-refractivity contribution in [3.63, 3.8) is 0 Å². The van der Waals surface area contributed by atoms with Gasteiger partial charge in [0, 0.05) is 17.1 Å². The van der Waals surface area contributed by atoms with Crippen LogP contribution in [-0.4, -0.2) is 42.5 Å². The number of rotatable bonds is 10. The zero-order valence-electron chi connectivity index (χ0n) is 24.4. The maximum Gasteiger partial charge on any atom is 0.239 e. The van der Waals surface area contributed by atoms with Crippen molar-refractivity contribution >= 4 is 25.1 Å². The summed E-state index contributed by atoms with van der Waals surface area (Å²) in [5, 5.41) is 16.9. The molecule has 40 heavy (non-hydrogen) atoms. The van der Waals surface area contributed by atoms with E-state index in [0.29, 0.717) is 17.5 Å². The summed E-state index contributed by atoms with van der Waals surface area (Å²) in [5.41, 5.74) is 8.37. The van der Waals surface area contributed by atoms with E-state index in [1.165, 1.54) is 0 Å². The van der Waals surface area contributed by atoms with Gasteiger partial charge in [-0.1, -0.05) is 99.6 Å². The van der Waals surface area contributed by atoms with E-state index in [4.69, 9.17) is 10.2 Å². The molecular formula is C33H43N3O3Si. The summed E-state index contributed by atoms with van der Waals surface area (Å²) in [5.74, 6) is -0.360. The van der Waals surface area contributed by atoms with E-state index < -0.39 is 32.1 Å². The highest BCUT2D eigenvalue weighted by molar-refractivity contribution is 6.74. The fourth-order valence-corrected chi connectivity index (χ4v) is 6.40. The zero-order valence-corrected chi connectivity index (χ0v) is 25.4. The van der Waals surface area contributed by atoms with Crippen LogP contribution in [-0.2, 0) is 21.2 Å². The van der Waals surface area contributed by atoms with E-state index in [0.717, 1.165) is 16.5 Å². The molecule has 0 radical (unpaired) electrons. The Kier molecular flexibility index (Phi) is 8.71. The van der Waals surface area contributed by atoms with Crippen molar-refractivity contribution in [2.45, 2.75) is 76.0 Å². The maximum atomic E-state index is 13.8. The van der Waals surface area contributed by atoms with Crippen LogP contribution >= 0.6 is 0 Å². The molecule has 3 atom stereocenters. The molecule has 4 rings (SSSR count). The first-order valence-electron chi connectivity index (χ1n) is 14.0. The molecule has 7 heteroatoms. The Bertz CT molecular complexity index is 1370. The monoisotopic (exact) mass is 557 g/mol. The van der Waals surface area contributed by atoms with Gasteiger partial charge < -0.3 is 25.6 Å². The number of nitrogens with two attached hydrogens (primary N) is 1. The number of amides is 1. The minimum atomic E-state index is -2.15. The molecule has 5 N–H and O–H groups in total. The summed E-state index contributed by atoms with van der Waals surface area (Å²) >= 11 is 0. The second-order valence-corrected chi connectivity index (χ2v) is 17.0. The standard InChI is InChI=1S/C33H43N3O3Si/c1-23(39-40(5,6)32(2,3)4)30(34)31(37)36-29(21-24-22-35-28-20-14-13-19-27(24)28)33(38,25-15-9-7-10-16-25)26-17-11-8-12-18-26/h7-20,22-23,29-30,35,38H,21,34H2,1-6H3,(H,36,37)/t23-,29+,30+/m1/s1. The van der Waals surface area contributed by atoms with E-state index in [2.05, 4.69) is 44.2 Å². The molecular weight excluding hydrogens is 514 g/mol. The summed E-state index contributed by atoms with van der Waals surface area (Å²) in [6.07, 6.45) is 1.83. The highest BCUT2D eigenvalue weighted by Crippen LogP contribution is 2.38. The van der Waals surface area contributed by atoms with Gasteiger partial charge in [-0.15, -0.1) is 0 Å². The number of benzene rings is 3. The predicted molar refractivity (Wildman–Crippen MR) is 166 cm³/mol. The normalized spacial score (nSPS) is 15.0. The summed E-state index contributed by atoms with van der Waals surface area (Å²) in [4.78, 5) is 17.1. The summed E-state index contributed by atoms with van der Waals surface area (Å²) < 4.78 is 6.47. The van der Waals surface area contributed by atoms with Gasteiger partial charge in [-0.05, 0) is 54.2 Å². The Hall–Kier alpha value is -3.23. The largest absolute Gasteiger partial charge is 0.412 e. The number of H-pyrrole nitrogens is 1. The second-order valence-electron chi connectivity index (χ2n) is 12.2. The van der Waals surface area contributed by atoms with Crippen LogP contribution in [0.5, 0.6) is 0 Å². The molecule has 0 unspecified atom stereocenters. The fourth-order valence-electron chi connectivity index (χ4n) is 4.97. The molecule has 0 fully saturated rings. The molecule has 0 aliphatic carbocycles. The molecule has 4 aromatic rings. The zero-order chi connectivity index (χ0) is 29.1. The average molecular weight is 558 g/mol. The summed E-state index contributed by atoms with van der Waals surface area (Å²) in [6.45, 7) is 12.6. The van der Waals surface area contributed by atoms with Crippen LogP contribution in [0.3, 0.4) is 0 Å². The van der Waals surface area contributed by atoms with Gasteiger partial charge in [0.25, 0.3) is 0 Å². The van der Waals surface area contributed by atoms with E-state index in [9.17, 15) is 9.90 Å². The van der Waals surface area contributed by atoms with Crippen molar-refractivity contribution < 1.29 is 14.3 Å². The number of nitrogens with one attached hydrogen (secondary N) is 2. The van der Waals surface area contributed by atoms with Gasteiger partial charge in [-0.3, -0.25) is 4.79 Å². The summed E-state index contributed by atoms with van der Waals surface area (Å²) in [6, 6.07) is 25.4. The molecule has 212 valence electrons. The topological polar surface area (TPSA) is 100 Å². The molecule has 0 saturated carbocycles. The SMILES string of the molecule is C[C@@H](O[Si](C)(C)C(C)(C)C)[C@H](N)C(=O)N[C@@H](Cc1c[nH]c2ccccc12)C(O)(c1ccccc1)c1ccccc1. The first-order chi connectivity index (χ1) is 18.8. The molecule has 6 nitrogen and oxygen atoms in total. The Morgan fingerprint density at radius 1 is 0.950 bits per heavy atom. The lowest BCUT2D eigenvalue weighted by Crippen LogP contribution is -2.59.